The van der Waals surface area contributed by atoms with Crippen molar-refractivity contribution in [3.63, 3.8) is 0 Å². The number of hydrogen-bond acceptors (Lipinski definition) is 2. The van der Waals surface area contributed by atoms with Crippen LogP contribution in [0.5, 0.6) is 0 Å². The van der Waals surface area contributed by atoms with Crippen molar-refractivity contribution in [2.24, 2.45) is 11.8 Å². The zero-order valence-corrected chi connectivity index (χ0v) is 12.2. The Morgan fingerprint density at radius 3 is 2.37 bits per heavy atom. The number of hydrogen-bond donors (Lipinski definition) is 2. The van der Waals surface area contributed by atoms with Crippen LogP contribution < -0.4 is 10.2 Å². The van der Waals surface area contributed by atoms with Crippen molar-refractivity contribution in [3.05, 3.63) is 0 Å². The summed E-state index contributed by atoms with van der Waals surface area (Å²) in [4.78, 5) is 27.0. The number of nitrogens with zero attached hydrogens (tertiary/aromatic N) is 1. The van der Waals surface area contributed by atoms with Gasteiger partial charge in [-0.3, -0.25) is 9.59 Å². The maximum Gasteiger partial charge on any atom is 0.275 e. The standard InChI is InChI=1S/C14H25N3O2/c1-10(2)15-13(18)9-16-4-6-17(7-5-16)14(19)12-8-11(12)3/h10-12H,4-9H2,1-3H3,(H,15,18)/p+1/t11-,12-/m0/s1. The van der Waals surface area contributed by atoms with E-state index in [0.717, 1.165) is 32.6 Å². The van der Waals surface area contributed by atoms with Gasteiger partial charge in [-0.2, -0.15) is 0 Å². The Bertz CT molecular complexity index is 349. The van der Waals surface area contributed by atoms with E-state index < -0.39 is 0 Å². The summed E-state index contributed by atoms with van der Waals surface area (Å²) in [7, 11) is 0. The smallest absolute Gasteiger partial charge is 0.275 e. The molecule has 2 fully saturated rings. The van der Waals surface area contributed by atoms with Gasteiger partial charge in [-0.1, -0.05) is 6.92 Å². The summed E-state index contributed by atoms with van der Waals surface area (Å²) in [6, 6.07) is 0.200. The third-order valence-electron chi connectivity index (χ3n) is 4.07. The molecule has 2 atom stereocenters. The molecule has 1 heterocycles. The van der Waals surface area contributed by atoms with Gasteiger partial charge in [0.05, 0.1) is 26.2 Å². The first kappa shape index (κ1) is 14.3. The van der Waals surface area contributed by atoms with Gasteiger partial charge >= 0.3 is 0 Å². The largest absolute Gasteiger partial charge is 0.349 e. The average molecular weight is 268 g/mol. The van der Waals surface area contributed by atoms with E-state index in [0.29, 0.717) is 18.4 Å². The van der Waals surface area contributed by atoms with E-state index in [9.17, 15) is 9.59 Å². The molecule has 0 aromatic rings. The fourth-order valence-electron chi connectivity index (χ4n) is 2.72. The molecule has 108 valence electrons. The van der Waals surface area contributed by atoms with Gasteiger partial charge in [-0.25, -0.2) is 0 Å². The number of quaternary nitrogens is 1. The summed E-state index contributed by atoms with van der Waals surface area (Å²) in [6.45, 7) is 9.98. The predicted molar refractivity (Wildman–Crippen MR) is 72.7 cm³/mol. The SMILES string of the molecule is CC(C)NC(=O)C[NH+]1CCN(C(=O)[C@H]2C[C@@H]2C)CC1. The molecule has 0 unspecified atom stereocenters. The lowest BCUT2D eigenvalue weighted by molar-refractivity contribution is -0.896. The molecule has 1 aliphatic heterocycles. The van der Waals surface area contributed by atoms with Gasteiger partial charge in [0.25, 0.3) is 5.91 Å². The second-order valence-electron chi connectivity index (χ2n) is 6.29. The van der Waals surface area contributed by atoms with E-state index in [1.165, 1.54) is 4.90 Å². The zero-order valence-electron chi connectivity index (χ0n) is 12.2. The second-order valence-corrected chi connectivity index (χ2v) is 6.29. The van der Waals surface area contributed by atoms with Gasteiger partial charge in [0.1, 0.15) is 0 Å². The van der Waals surface area contributed by atoms with Crippen LogP contribution in [-0.4, -0.2) is 55.5 Å². The maximum atomic E-state index is 12.1. The molecule has 0 spiro atoms. The Kier molecular flexibility index (Phi) is 4.45. The molecule has 1 saturated carbocycles. The van der Waals surface area contributed by atoms with Crippen LogP contribution in [0.25, 0.3) is 0 Å². The van der Waals surface area contributed by atoms with Crippen molar-refractivity contribution in [1.82, 2.24) is 10.2 Å². The van der Waals surface area contributed by atoms with Gasteiger partial charge in [-0.05, 0) is 26.2 Å². The van der Waals surface area contributed by atoms with E-state index in [2.05, 4.69) is 12.2 Å². The van der Waals surface area contributed by atoms with Gasteiger partial charge < -0.3 is 15.1 Å². The summed E-state index contributed by atoms with van der Waals surface area (Å²) < 4.78 is 0. The molecule has 2 aliphatic rings. The van der Waals surface area contributed by atoms with Gasteiger partial charge in [0.15, 0.2) is 6.54 Å². The van der Waals surface area contributed by atoms with E-state index >= 15 is 0 Å². The number of amides is 2. The quantitative estimate of drug-likeness (QED) is 0.680. The van der Waals surface area contributed by atoms with Crippen molar-refractivity contribution in [2.75, 3.05) is 32.7 Å². The lowest BCUT2D eigenvalue weighted by atomic mass is 10.2. The first-order valence-corrected chi connectivity index (χ1v) is 7.39. The third-order valence-corrected chi connectivity index (χ3v) is 4.07. The Hall–Kier alpha value is -1.10. The number of carbonyl (C=O) groups excluding carboxylic acids is 2. The van der Waals surface area contributed by atoms with E-state index in [4.69, 9.17) is 0 Å². The monoisotopic (exact) mass is 268 g/mol. The minimum atomic E-state index is 0.112. The first-order chi connectivity index (χ1) is 8.97. The molecule has 2 N–H and O–H groups in total. The number of rotatable bonds is 4. The molecule has 0 aromatic heterocycles. The van der Waals surface area contributed by atoms with Crippen molar-refractivity contribution in [1.29, 1.82) is 0 Å². The molecule has 19 heavy (non-hydrogen) atoms. The fourth-order valence-corrected chi connectivity index (χ4v) is 2.72. The summed E-state index contributed by atoms with van der Waals surface area (Å²) in [6.07, 6.45) is 1.06. The Morgan fingerprint density at radius 2 is 1.89 bits per heavy atom. The highest BCUT2D eigenvalue weighted by Gasteiger charge is 2.42. The first-order valence-electron chi connectivity index (χ1n) is 7.39. The highest BCUT2D eigenvalue weighted by molar-refractivity contribution is 5.81. The van der Waals surface area contributed by atoms with Crippen LogP contribution in [0.4, 0.5) is 0 Å². The molecule has 1 aliphatic carbocycles. The molecule has 0 radical (unpaired) electrons. The zero-order chi connectivity index (χ0) is 14.0. The molecule has 0 aromatic carbocycles. The molecule has 1 saturated heterocycles. The Balaban J connectivity index is 1.70. The van der Waals surface area contributed by atoms with Crippen LogP contribution in [-0.2, 0) is 9.59 Å². The van der Waals surface area contributed by atoms with Crippen molar-refractivity contribution in [3.8, 4) is 0 Å². The summed E-state index contributed by atoms with van der Waals surface area (Å²) >= 11 is 0. The summed E-state index contributed by atoms with van der Waals surface area (Å²) in [5, 5.41) is 2.92. The normalized spacial score (nSPS) is 27.5. The van der Waals surface area contributed by atoms with E-state index in [1.807, 2.05) is 18.7 Å². The van der Waals surface area contributed by atoms with Crippen molar-refractivity contribution >= 4 is 11.8 Å². The summed E-state index contributed by atoms with van der Waals surface area (Å²) in [5.41, 5.74) is 0. The van der Waals surface area contributed by atoms with Crippen LogP contribution in [0, 0.1) is 11.8 Å². The highest BCUT2D eigenvalue weighted by Crippen LogP contribution is 2.39. The predicted octanol–water partition coefficient (Wildman–Crippen LogP) is -1.11. The third kappa shape index (κ3) is 3.93. The maximum absolute atomic E-state index is 12.1. The van der Waals surface area contributed by atoms with Gasteiger partial charge in [-0.15, -0.1) is 0 Å². The number of nitrogens with one attached hydrogen (secondary N) is 2. The molecule has 2 rings (SSSR count). The van der Waals surface area contributed by atoms with Crippen LogP contribution in [0.3, 0.4) is 0 Å². The fraction of sp³-hybridized carbons (Fsp3) is 0.857. The molecule has 5 heteroatoms. The van der Waals surface area contributed by atoms with E-state index in [-0.39, 0.29) is 17.9 Å². The second kappa shape index (κ2) is 5.90. The lowest BCUT2D eigenvalue weighted by Gasteiger charge is -2.32. The molecule has 2 amide bonds. The van der Waals surface area contributed by atoms with Crippen LogP contribution in [0.1, 0.15) is 27.2 Å². The number of carbonyl (C=O) groups is 2. The molecular weight excluding hydrogens is 242 g/mol. The summed E-state index contributed by atoms with van der Waals surface area (Å²) in [5.74, 6) is 1.30. The van der Waals surface area contributed by atoms with Gasteiger partial charge in [0.2, 0.25) is 5.91 Å². The molecular formula is C14H26N3O2+. The van der Waals surface area contributed by atoms with Crippen LogP contribution in [0.2, 0.25) is 0 Å². The van der Waals surface area contributed by atoms with Crippen molar-refractivity contribution < 1.29 is 14.5 Å². The Labute approximate surface area is 115 Å². The minimum Gasteiger partial charge on any atom is -0.349 e. The highest BCUT2D eigenvalue weighted by atomic mass is 16.2. The molecule has 0 bridgehead atoms. The number of piperazine rings is 1. The lowest BCUT2D eigenvalue weighted by Crippen LogP contribution is -3.16. The van der Waals surface area contributed by atoms with Crippen LogP contribution >= 0.6 is 0 Å². The van der Waals surface area contributed by atoms with Gasteiger partial charge in [0, 0.05) is 12.0 Å². The van der Waals surface area contributed by atoms with Crippen LogP contribution in [0.15, 0.2) is 0 Å². The topological polar surface area (TPSA) is 53.9 Å². The molecule has 5 nitrogen and oxygen atoms in total. The average Bonchev–Trinajstić information content (AvgIpc) is 3.05. The Morgan fingerprint density at radius 1 is 1.32 bits per heavy atom. The van der Waals surface area contributed by atoms with E-state index in [1.54, 1.807) is 0 Å². The van der Waals surface area contributed by atoms with Crippen molar-refractivity contribution in [2.45, 2.75) is 33.2 Å². The minimum absolute atomic E-state index is 0.112.